The van der Waals surface area contributed by atoms with Crippen LogP contribution in [0.5, 0.6) is 0 Å². The number of nitrogens with one attached hydrogen (secondary N) is 1. The predicted molar refractivity (Wildman–Crippen MR) is 85.8 cm³/mol. The molecule has 5 nitrogen and oxygen atoms in total. The van der Waals surface area contributed by atoms with Gasteiger partial charge in [0.2, 0.25) is 5.91 Å². The minimum absolute atomic E-state index is 0.337. The molecule has 0 aliphatic heterocycles. The fourth-order valence-corrected chi connectivity index (χ4v) is 2.46. The summed E-state index contributed by atoms with van der Waals surface area (Å²) in [5.74, 6) is -1.27. The number of anilines is 1. The van der Waals surface area contributed by atoms with Crippen molar-refractivity contribution in [3.63, 3.8) is 0 Å². The fourth-order valence-electron chi connectivity index (χ4n) is 2.46. The molecule has 0 aliphatic rings. The van der Waals surface area contributed by atoms with E-state index in [1.165, 1.54) is 24.3 Å². The van der Waals surface area contributed by atoms with Crippen LogP contribution >= 0.6 is 0 Å². The molecule has 0 aliphatic carbocycles. The van der Waals surface area contributed by atoms with E-state index in [0.29, 0.717) is 27.8 Å². The van der Waals surface area contributed by atoms with Crippen LogP contribution in [-0.4, -0.2) is 16.4 Å². The number of aromatic nitrogens is 1. The number of aryl methyl sites for hydroxylation is 1. The van der Waals surface area contributed by atoms with E-state index in [2.05, 4.69) is 5.32 Å². The number of carbonyl (C=O) groups is 2. The zero-order valence-electron chi connectivity index (χ0n) is 12.3. The average molecular weight is 311 g/mol. The highest BCUT2D eigenvalue weighted by Gasteiger charge is 2.15. The van der Waals surface area contributed by atoms with Crippen LogP contribution in [0, 0.1) is 5.82 Å². The van der Waals surface area contributed by atoms with Crippen molar-refractivity contribution in [3.05, 3.63) is 65.6 Å². The quantitative estimate of drug-likeness (QED) is 0.780. The summed E-state index contributed by atoms with van der Waals surface area (Å²) in [6, 6.07) is 12.4. The lowest BCUT2D eigenvalue weighted by Gasteiger charge is -2.07. The van der Waals surface area contributed by atoms with E-state index >= 15 is 0 Å². The molecular weight excluding hydrogens is 297 g/mol. The van der Waals surface area contributed by atoms with E-state index in [0.717, 1.165) is 0 Å². The second-order valence-electron chi connectivity index (χ2n) is 5.16. The zero-order chi connectivity index (χ0) is 16.6. The van der Waals surface area contributed by atoms with Gasteiger partial charge in [-0.3, -0.25) is 9.59 Å². The Morgan fingerprint density at radius 1 is 1.13 bits per heavy atom. The number of primary amides is 1. The molecule has 0 fully saturated rings. The van der Waals surface area contributed by atoms with Crippen LogP contribution in [0.1, 0.15) is 20.8 Å². The van der Waals surface area contributed by atoms with Crippen LogP contribution < -0.4 is 11.1 Å². The highest BCUT2D eigenvalue weighted by atomic mass is 19.1. The number of nitrogens with zero attached hydrogens (tertiary/aromatic N) is 1. The molecule has 2 aromatic carbocycles. The normalized spacial score (nSPS) is 10.7. The molecule has 0 saturated heterocycles. The van der Waals surface area contributed by atoms with Gasteiger partial charge in [-0.2, -0.15) is 0 Å². The summed E-state index contributed by atoms with van der Waals surface area (Å²) in [7, 11) is 1.70. The summed E-state index contributed by atoms with van der Waals surface area (Å²) >= 11 is 0. The Labute approximate surface area is 131 Å². The lowest BCUT2D eigenvalue weighted by Crippen LogP contribution is -2.16. The van der Waals surface area contributed by atoms with Crippen LogP contribution in [0.3, 0.4) is 0 Å². The molecule has 0 saturated carbocycles. The molecule has 0 atom stereocenters. The van der Waals surface area contributed by atoms with Gasteiger partial charge in [0.1, 0.15) is 11.5 Å². The minimum Gasteiger partial charge on any atom is -0.366 e. The van der Waals surface area contributed by atoms with Crippen LogP contribution in [-0.2, 0) is 7.05 Å². The standard InChI is InChI=1S/C17H14FN3O2/c1-21-14-4-2-3-13(18)12(14)9-15(21)17(23)20-11-7-5-10(6-8-11)16(19)22/h2-9H,1H3,(H2,19,22)(H,20,23). The molecule has 1 aromatic heterocycles. The average Bonchev–Trinajstić information content (AvgIpc) is 2.87. The van der Waals surface area contributed by atoms with Crippen LogP contribution in [0.2, 0.25) is 0 Å². The van der Waals surface area contributed by atoms with E-state index in [1.54, 1.807) is 35.9 Å². The third-order valence-corrected chi connectivity index (χ3v) is 3.69. The first kappa shape index (κ1) is 14.8. The summed E-state index contributed by atoms with van der Waals surface area (Å²) in [4.78, 5) is 23.4. The topological polar surface area (TPSA) is 77.1 Å². The molecule has 3 rings (SSSR count). The van der Waals surface area contributed by atoms with Crippen molar-refractivity contribution in [1.82, 2.24) is 4.57 Å². The number of amides is 2. The second-order valence-corrected chi connectivity index (χ2v) is 5.16. The lowest BCUT2D eigenvalue weighted by molar-refractivity contribution is 0.0997. The molecule has 0 radical (unpaired) electrons. The Balaban J connectivity index is 1.90. The number of hydrogen-bond donors (Lipinski definition) is 2. The van der Waals surface area contributed by atoms with Gasteiger partial charge in [0, 0.05) is 23.7 Å². The largest absolute Gasteiger partial charge is 0.366 e. The van der Waals surface area contributed by atoms with Crippen LogP contribution in [0.15, 0.2) is 48.5 Å². The first-order valence-electron chi connectivity index (χ1n) is 6.92. The molecule has 3 N–H and O–H groups in total. The molecule has 1 heterocycles. The van der Waals surface area contributed by atoms with Gasteiger partial charge >= 0.3 is 0 Å². The minimum atomic E-state index is -0.535. The Morgan fingerprint density at radius 3 is 2.43 bits per heavy atom. The zero-order valence-corrected chi connectivity index (χ0v) is 12.3. The molecule has 2 amide bonds. The Kier molecular flexibility index (Phi) is 3.57. The van der Waals surface area contributed by atoms with E-state index in [4.69, 9.17) is 5.73 Å². The third kappa shape index (κ3) is 2.66. The number of fused-ring (bicyclic) bond motifs is 1. The number of hydrogen-bond acceptors (Lipinski definition) is 2. The van der Waals surface area contributed by atoms with Crippen molar-refractivity contribution in [1.29, 1.82) is 0 Å². The van der Waals surface area contributed by atoms with Crippen molar-refractivity contribution in [2.75, 3.05) is 5.32 Å². The number of carbonyl (C=O) groups excluding carboxylic acids is 2. The van der Waals surface area contributed by atoms with Gasteiger partial charge < -0.3 is 15.6 Å². The van der Waals surface area contributed by atoms with Gasteiger partial charge in [0.25, 0.3) is 5.91 Å². The SMILES string of the molecule is Cn1c(C(=O)Nc2ccc(C(N)=O)cc2)cc2c(F)cccc21. The Bertz CT molecular complexity index is 913. The third-order valence-electron chi connectivity index (χ3n) is 3.69. The Hall–Kier alpha value is -3.15. The summed E-state index contributed by atoms with van der Waals surface area (Å²) in [5.41, 5.74) is 7.02. The van der Waals surface area contributed by atoms with Crippen molar-refractivity contribution in [3.8, 4) is 0 Å². The van der Waals surface area contributed by atoms with E-state index < -0.39 is 5.91 Å². The predicted octanol–water partition coefficient (Wildman–Crippen LogP) is 2.67. The van der Waals surface area contributed by atoms with E-state index in [-0.39, 0.29) is 11.7 Å². The van der Waals surface area contributed by atoms with Crippen molar-refractivity contribution in [2.24, 2.45) is 12.8 Å². The summed E-state index contributed by atoms with van der Waals surface area (Å²) in [6.45, 7) is 0. The molecule has 0 bridgehead atoms. The fraction of sp³-hybridized carbons (Fsp3) is 0.0588. The molecule has 3 aromatic rings. The second kappa shape index (κ2) is 5.57. The molecule has 0 spiro atoms. The molecule has 23 heavy (non-hydrogen) atoms. The maximum absolute atomic E-state index is 13.8. The highest BCUT2D eigenvalue weighted by Crippen LogP contribution is 2.22. The maximum atomic E-state index is 13.8. The number of nitrogens with two attached hydrogens (primary N) is 1. The summed E-state index contributed by atoms with van der Waals surface area (Å²) < 4.78 is 15.4. The maximum Gasteiger partial charge on any atom is 0.272 e. The van der Waals surface area contributed by atoms with Crippen LogP contribution in [0.4, 0.5) is 10.1 Å². The highest BCUT2D eigenvalue weighted by molar-refractivity contribution is 6.06. The summed E-state index contributed by atoms with van der Waals surface area (Å²) in [6.07, 6.45) is 0. The molecular formula is C17H14FN3O2. The monoisotopic (exact) mass is 311 g/mol. The van der Waals surface area contributed by atoms with Gasteiger partial charge in [0.05, 0.1) is 5.52 Å². The van der Waals surface area contributed by atoms with Gasteiger partial charge in [-0.25, -0.2) is 4.39 Å². The molecule has 116 valence electrons. The van der Waals surface area contributed by atoms with Gasteiger partial charge in [0.15, 0.2) is 0 Å². The lowest BCUT2D eigenvalue weighted by atomic mass is 10.2. The van der Waals surface area contributed by atoms with Crippen molar-refractivity contribution >= 4 is 28.4 Å². The molecule has 6 heteroatoms. The van der Waals surface area contributed by atoms with Crippen molar-refractivity contribution < 1.29 is 14.0 Å². The number of rotatable bonds is 3. The van der Waals surface area contributed by atoms with Gasteiger partial charge in [-0.1, -0.05) is 6.07 Å². The molecule has 0 unspecified atom stereocenters. The first-order valence-corrected chi connectivity index (χ1v) is 6.92. The van der Waals surface area contributed by atoms with E-state index in [1.807, 2.05) is 0 Å². The van der Waals surface area contributed by atoms with E-state index in [9.17, 15) is 14.0 Å². The number of benzene rings is 2. The Morgan fingerprint density at radius 2 is 1.83 bits per heavy atom. The van der Waals surface area contributed by atoms with Crippen LogP contribution in [0.25, 0.3) is 10.9 Å². The number of halogens is 1. The van der Waals surface area contributed by atoms with Gasteiger partial charge in [-0.15, -0.1) is 0 Å². The first-order chi connectivity index (χ1) is 11.0. The van der Waals surface area contributed by atoms with Crippen molar-refractivity contribution in [2.45, 2.75) is 0 Å². The van der Waals surface area contributed by atoms with Gasteiger partial charge in [-0.05, 0) is 42.5 Å². The summed E-state index contributed by atoms with van der Waals surface area (Å²) in [5, 5.41) is 3.10. The smallest absolute Gasteiger partial charge is 0.272 e.